The highest BCUT2D eigenvalue weighted by atomic mass is 35.5. The fourth-order valence-corrected chi connectivity index (χ4v) is 2.86. The van der Waals surface area contributed by atoms with E-state index < -0.39 is 0 Å². The Hall–Kier alpha value is -1.13. The number of nitrogens with one attached hydrogen (secondary N) is 1. The van der Waals surface area contributed by atoms with Gasteiger partial charge in [-0.2, -0.15) is 0 Å². The maximum absolute atomic E-state index is 13.0. The Morgan fingerprint density at radius 1 is 1.24 bits per heavy atom. The highest BCUT2D eigenvalue weighted by molar-refractivity contribution is 5.85. The van der Waals surface area contributed by atoms with Gasteiger partial charge >= 0.3 is 0 Å². The summed E-state index contributed by atoms with van der Waals surface area (Å²) >= 11 is 0. The molecule has 1 saturated heterocycles. The molecule has 2 fully saturated rings. The Labute approximate surface area is 131 Å². The molecule has 1 unspecified atom stereocenters. The largest absolute Gasteiger partial charge is 0.335 e. The zero-order valence-electron chi connectivity index (χ0n) is 12.1. The summed E-state index contributed by atoms with van der Waals surface area (Å²) in [5, 5.41) is 3.30. The SMILES string of the molecule is Cl.O=C(C1CCCNC1)N(Cc1ccc(F)cc1)C1CC1. The van der Waals surface area contributed by atoms with Gasteiger partial charge in [-0.1, -0.05) is 12.1 Å². The summed E-state index contributed by atoms with van der Waals surface area (Å²) in [5.74, 6) is 0.156. The van der Waals surface area contributed by atoms with Crippen molar-refractivity contribution < 1.29 is 9.18 Å². The fourth-order valence-electron chi connectivity index (χ4n) is 2.86. The van der Waals surface area contributed by atoms with Crippen molar-refractivity contribution in [1.29, 1.82) is 0 Å². The zero-order valence-corrected chi connectivity index (χ0v) is 12.9. The number of amides is 1. The van der Waals surface area contributed by atoms with Crippen LogP contribution in [0.25, 0.3) is 0 Å². The number of piperidine rings is 1. The maximum atomic E-state index is 13.0. The van der Waals surface area contributed by atoms with Gasteiger partial charge in [0.05, 0.1) is 5.92 Å². The van der Waals surface area contributed by atoms with Crippen LogP contribution in [-0.4, -0.2) is 29.9 Å². The molecule has 3 rings (SSSR count). The van der Waals surface area contributed by atoms with E-state index in [4.69, 9.17) is 0 Å². The van der Waals surface area contributed by atoms with E-state index in [0.29, 0.717) is 12.6 Å². The lowest BCUT2D eigenvalue weighted by molar-refractivity contribution is -0.137. The van der Waals surface area contributed by atoms with Crippen molar-refractivity contribution in [3.63, 3.8) is 0 Å². The molecule has 5 heteroatoms. The van der Waals surface area contributed by atoms with Gasteiger partial charge in [-0.15, -0.1) is 12.4 Å². The molecule has 0 aromatic heterocycles. The molecule has 1 aliphatic carbocycles. The van der Waals surface area contributed by atoms with Gasteiger partial charge in [-0.05, 0) is 49.9 Å². The van der Waals surface area contributed by atoms with E-state index in [0.717, 1.165) is 44.3 Å². The molecular formula is C16H22ClFN2O. The second-order valence-corrected chi connectivity index (χ2v) is 5.87. The Morgan fingerprint density at radius 3 is 2.52 bits per heavy atom. The van der Waals surface area contributed by atoms with Gasteiger partial charge in [0.15, 0.2) is 0 Å². The maximum Gasteiger partial charge on any atom is 0.227 e. The van der Waals surface area contributed by atoms with Gasteiger partial charge in [0.2, 0.25) is 5.91 Å². The molecule has 0 spiro atoms. The summed E-state index contributed by atoms with van der Waals surface area (Å²) in [6, 6.07) is 6.88. The normalized spacial score (nSPS) is 21.5. The van der Waals surface area contributed by atoms with Crippen molar-refractivity contribution in [2.75, 3.05) is 13.1 Å². The predicted molar refractivity (Wildman–Crippen MR) is 82.8 cm³/mol. The third-order valence-corrected chi connectivity index (χ3v) is 4.18. The molecule has 1 heterocycles. The molecule has 1 aliphatic heterocycles. The van der Waals surface area contributed by atoms with Gasteiger partial charge in [-0.25, -0.2) is 4.39 Å². The van der Waals surface area contributed by atoms with Crippen molar-refractivity contribution in [1.82, 2.24) is 10.2 Å². The summed E-state index contributed by atoms with van der Waals surface area (Å²) in [6.45, 7) is 2.43. The average molecular weight is 313 g/mol. The van der Waals surface area contributed by atoms with Crippen LogP contribution in [0.3, 0.4) is 0 Å². The van der Waals surface area contributed by atoms with Crippen molar-refractivity contribution >= 4 is 18.3 Å². The van der Waals surface area contributed by atoms with Crippen LogP contribution in [0.15, 0.2) is 24.3 Å². The summed E-state index contributed by atoms with van der Waals surface area (Å²) in [5.41, 5.74) is 1.01. The predicted octanol–water partition coefficient (Wildman–Crippen LogP) is 2.74. The van der Waals surface area contributed by atoms with Gasteiger partial charge in [-0.3, -0.25) is 4.79 Å². The van der Waals surface area contributed by atoms with Gasteiger partial charge in [0.25, 0.3) is 0 Å². The Kier molecular flexibility index (Phi) is 5.59. The highest BCUT2D eigenvalue weighted by Gasteiger charge is 2.36. The van der Waals surface area contributed by atoms with Crippen LogP contribution in [0.2, 0.25) is 0 Å². The third kappa shape index (κ3) is 4.17. The van der Waals surface area contributed by atoms with Crippen LogP contribution in [0.1, 0.15) is 31.2 Å². The minimum absolute atomic E-state index is 0. The first-order valence-electron chi connectivity index (χ1n) is 7.49. The van der Waals surface area contributed by atoms with E-state index in [9.17, 15) is 9.18 Å². The van der Waals surface area contributed by atoms with Crippen molar-refractivity contribution in [2.45, 2.75) is 38.3 Å². The molecule has 1 aromatic carbocycles. The number of halogens is 2. The smallest absolute Gasteiger partial charge is 0.227 e. The minimum atomic E-state index is -0.227. The molecule has 0 bridgehead atoms. The number of rotatable bonds is 4. The van der Waals surface area contributed by atoms with Crippen LogP contribution in [0.5, 0.6) is 0 Å². The third-order valence-electron chi connectivity index (χ3n) is 4.18. The number of carbonyl (C=O) groups excluding carboxylic acids is 1. The van der Waals surface area contributed by atoms with Gasteiger partial charge in [0.1, 0.15) is 5.82 Å². The van der Waals surface area contributed by atoms with Crippen LogP contribution >= 0.6 is 12.4 Å². The molecule has 1 aromatic rings. The van der Waals surface area contributed by atoms with E-state index in [1.54, 1.807) is 12.1 Å². The van der Waals surface area contributed by atoms with Crippen molar-refractivity contribution in [2.24, 2.45) is 5.92 Å². The summed E-state index contributed by atoms with van der Waals surface area (Å²) < 4.78 is 13.0. The molecule has 0 radical (unpaired) electrons. The first-order chi connectivity index (χ1) is 9.74. The van der Waals surface area contributed by atoms with Crippen molar-refractivity contribution in [3.05, 3.63) is 35.6 Å². The molecule has 2 aliphatic rings. The summed E-state index contributed by atoms with van der Waals surface area (Å²) in [4.78, 5) is 14.7. The Balaban J connectivity index is 0.00000161. The second-order valence-electron chi connectivity index (χ2n) is 5.87. The first-order valence-corrected chi connectivity index (χ1v) is 7.49. The quantitative estimate of drug-likeness (QED) is 0.927. The molecule has 21 heavy (non-hydrogen) atoms. The van der Waals surface area contributed by atoms with E-state index in [2.05, 4.69) is 5.32 Å². The molecule has 116 valence electrons. The number of benzene rings is 1. The van der Waals surface area contributed by atoms with E-state index >= 15 is 0 Å². The van der Waals surface area contributed by atoms with Crippen LogP contribution in [0, 0.1) is 11.7 Å². The number of hydrogen-bond acceptors (Lipinski definition) is 2. The number of nitrogens with zero attached hydrogens (tertiary/aromatic N) is 1. The second kappa shape index (κ2) is 7.23. The molecule has 1 N–H and O–H groups in total. The Morgan fingerprint density at radius 2 is 1.95 bits per heavy atom. The van der Waals surface area contributed by atoms with E-state index in [1.807, 2.05) is 4.90 Å². The average Bonchev–Trinajstić information content (AvgIpc) is 3.31. The molecule has 1 saturated carbocycles. The monoisotopic (exact) mass is 312 g/mol. The van der Waals surface area contributed by atoms with Gasteiger partial charge in [0, 0.05) is 19.1 Å². The number of carbonyl (C=O) groups is 1. The van der Waals surface area contributed by atoms with E-state index in [1.165, 1.54) is 12.1 Å². The first kappa shape index (κ1) is 16.2. The van der Waals surface area contributed by atoms with Crippen LogP contribution < -0.4 is 5.32 Å². The van der Waals surface area contributed by atoms with E-state index in [-0.39, 0.29) is 30.0 Å². The Bertz CT molecular complexity index is 470. The van der Waals surface area contributed by atoms with Crippen LogP contribution in [-0.2, 0) is 11.3 Å². The lowest BCUT2D eigenvalue weighted by atomic mass is 9.97. The van der Waals surface area contributed by atoms with Gasteiger partial charge < -0.3 is 10.2 Å². The molecule has 1 amide bonds. The molecule has 3 nitrogen and oxygen atoms in total. The van der Waals surface area contributed by atoms with Crippen molar-refractivity contribution in [3.8, 4) is 0 Å². The van der Waals surface area contributed by atoms with Crippen LogP contribution in [0.4, 0.5) is 4.39 Å². The zero-order chi connectivity index (χ0) is 13.9. The highest BCUT2D eigenvalue weighted by Crippen LogP contribution is 2.30. The number of hydrogen-bond donors (Lipinski definition) is 1. The fraction of sp³-hybridized carbons (Fsp3) is 0.562. The topological polar surface area (TPSA) is 32.3 Å². The lowest BCUT2D eigenvalue weighted by Gasteiger charge is -2.30. The summed E-state index contributed by atoms with van der Waals surface area (Å²) in [6.07, 6.45) is 4.27. The molecule has 1 atom stereocenters. The molecular weight excluding hydrogens is 291 g/mol. The minimum Gasteiger partial charge on any atom is -0.335 e. The lowest BCUT2D eigenvalue weighted by Crippen LogP contribution is -2.43. The summed E-state index contributed by atoms with van der Waals surface area (Å²) in [7, 11) is 0. The standard InChI is InChI=1S/C16H21FN2O.ClH/c17-14-5-3-12(4-6-14)11-19(15-7-8-15)16(20)13-2-1-9-18-10-13;/h3-6,13,15,18H,1-2,7-11H2;1H.